The zero-order valence-corrected chi connectivity index (χ0v) is 21.8. The second kappa shape index (κ2) is 10.6. The molecule has 3 aromatic carbocycles. The van der Waals surface area contributed by atoms with Crippen molar-refractivity contribution in [2.45, 2.75) is 24.2 Å². The molecule has 3 N–H and O–H groups in total. The van der Waals surface area contributed by atoms with Crippen LogP contribution < -0.4 is 15.0 Å². The minimum absolute atomic E-state index is 0.0534. The van der Waals surface area contributed by atoms with Crippen LogP contribution in [0.3, 0.4) is 0 Å². The Hall–Kier alpha value is -4.24. The highest BCUT2D eigenvalue weighted by Gasteiger charge is 2.17. The van der Waals surface area contributed by atoms with Crippen molar-refractivity contribution in [3.63, 3.8) is 0 Å². The van der Waals surface area contributed by atoms with E-state index in [0.29, 0.717) is 34.1 Å². The number of aromatic amines is 1. The lowest BCUT2D eigenvalue weighted by Gasteiger charge is -2.28. The lowest BCUT2D eigenvalue weighted by atomic mass is 10.1. The molecule has 0 atom stereocenters. The first-order chi connectivity index (χ1) is 18.3. The first kappa shape index (κ1) is 25.4. The van der Waals surface area contributed by atoms with E-state index in [4.69, 9.17) is 4.74 Å². The van der Waals surface area contributed by atoms with Gasteiger partial charge in [-0.2, -0.15) is 0 Å². The Balaban J connectivity index is 1.47. The SMILES string of the molecule is CS(=O)(=O)c1ccccc1Nc1ccc(Oc2ccc(N3CCCCC3)cc2)c(-c2ccc(C(=O)O)[nH]2)c1. The van der Waals surface area contributed by atoms with Gasteiger partial charge >= 0.3 is 5.97 Å². The number of rotatable bonds is 8. The molecule has 196 valence electrons. The number of H-pyrrole nitrogens is 1. The van der Waals surface area contributed by atoms with E-state index in [1.165, 1.54) is 31.6 Å². The number of sulfone groups is 1. The Morgan fingerprint density at radius 3 is 2.37 bits per heavy atom. The van der Waals surface area contributed by atoms with Gasteiger partial charge < -0.3 is 25.0 Å². The average molecular weight is 532 g/mol. The molecule has 0 aliphatic carbocycles. The predicted octanol–water partition coefficient (Wildman–Crippen LogP) is 6.31. The predicted molar refractivity (Wildman–Crippen MR) is 149 cm³/mol. The molecule has 0 unspecified atom stereocenters. The molecule has 9 heteroatoms. The molecule has 38 heavy (non-hydrogen) atoms. The molecule has 4 aromatic rings. The number of benzene rings is 3. The highest BCUT2D eigenvalue weighted by atomic mass is 32.2. The molecule has 1 aliphatic heterocycles. The van der Waals surface area contributed by atoms with Crippen LogP contribution in [0.4, 0.5) is 17.1 Å². The van der Waals surface area contributed by atoms with E-state index in [-0.39, 0.29) is 10.6 Å². The molecule has 1 aliphatic rings. The summed E-state index contributed by atoms with van der Waals surface area (Å²) in [6.45, 7) is 2.11. The number of nitrogens with one attached hydrogen (secondary N) is 2. The summed E-state index contributed by atoms with van der Waals surface area (Å²) in [5.41, 5.74) is 3.47. The number of carbonyl (C=O) groups is 1. The van der Waals surface area contributed by atoms with Gasteiger partial charge in [-0.15, -0.1) is 0 Å². The van der Waals surface area contributed by atoms with Crippen molar-refractivity contribution in [1.82, 2.24) is 4.98 Å². The molecular formula is C29H29N3O5S. The third-order valence-electron chi connectivity index (χ3n) is 6.54. The molecule has 1 saturated heterocycles. The molecule has 8 nitrogen and oxygen atoms in total. The zero-order valence-electron chi connectivity index (χ0n) is 21.0. The fourth-order valence-corrected chi connectivity index (χ4v) is 5.48. The molecule has 0 amide bonds. The third kappa shape index (κ3) is 5.68. The maximum Gasteiger partial charge on any atom is 0.352 e. The van der Waals surface area contributed by atoms with Crippen LogP contribution in [-0.2, 0) is 9.84 Å². The molecular weight excluding hydrogens is 502 g/mol. The van der Waals surface area contributed by atoms with Gasteiger partial charge in [0.2, 0.25) is 0 Å². The van der Waals surface area contributed by atoms with E-state index in [9.17, 15) is 18.3 Å². The first-order valence-electron chi connectivity index (χ1n) is 12.4. The van der Waals surface area contributed by atoms with Gasteiger partial charge in [-0.05, 0) is 86.0 Å². The summed E-state index contributed by atoms with van der Waals surface area (Å²) in [5.74, 6) is 0.111. The largest absolute Gasteiger partial charge is 0.477 e. The van der Waals surface area contributed by atoms with E-state index >= 15 is 0 Å². The van der Waals surface area contributed by atoms with Crippen LogP contribution in [0.25, 0.3) is 11.3 Å². The van der Waals surface area contributed by atoms with Crippen LogP contribution in [0.1, 0.15) is 29.8 Å². The van der Waals surface area contributed by atoms with Crippen molar-refractivity contribution in [3.8, 4) is 22.8 Å². The summed E-state index contributed by atoms with van der Waals surface area (Å²) < 4.78 is 30.8. The standard InChI is InChI=1S/C29H29N3O5S/c1-38(35,36)28-8-4-3-7-25(28)30-20-9-16-27(23(19-20)24-14-15-26(31-24)29(33)34)37-22-12-10-21(11-13-22)32-17-5-2-6-18-32/h3-4,7-16,19,30-31H,2,5-6,17-18H2,1H3,(H,33,34). The topological polar surface area (TPSA) is 112 Å². The minimum Gasteiger partial charge on any atom is -0.477 e. The number of nitrogens with zero attached hydrogens (tertiary/aromatic N) is 1. The highest BCUT2D eigenvalue weighted by Crippen LogP contribution is 2.37. The second-order valence-electron chi connectivity index (χ2n) is 9.34. The summed E-state index contributed by atoms with van der Waals surface area (Å²) >= 11 is 0. The molecule has 2 heterocycles. The van der Waals surface area contributed by atoms with E-state index in [1.807, 2.05) is 12.1 Å². The number of anilines is 3. The summed E-state index contributed by atoms with van der Waals surface area (Å²) in [6, 6.07) is 23.2. The molecule has 0 spiro atoms. The fourth-order valence-electron chi connectivity index (χ4n) is 4.64. The summed E-state index contributed by atoms with van der Waals surface area (Å²) in [7, 11) is -3.44. The monoisotopic (exact) mass is 531 g/mol. The number of aromatic carboxylic acids is 1. The molecule has 1 fully saturated rings. The molecule has 1 aromatic heterocycles. The van der Waals surface area contributed by atoms with Gasteiger partial charge in [0.1, 0.15) is 17.2 Å². The van der Waals surface area contributed by atoms with Crippen molar-refractivity contribution >= 4 is 32.9 Å². The number of piperidine rings is 1. The zero-order chi connectivity index (χ0) is 26.7. The second-order valence-corrected chi connectivity index (χ2v) is 11.3. The normalized spacial score (nSPS) is 13.8. The average Bonchev–Trinajstić information content (AvgIpc) is 3.41. The van der Waals surface area contributed by atoms with Gasteiger partial charge in [0.05, 0.1) is 10.6 Å². The Kier molecular flexibility index (Phi) is 7.11. The van der Waals surface area contributed by atoms with E-state index < -0.39 is 15.8 Å². The molecule has 5 rings (SSSR count). The summed E-state index contributed by atoms with van der Waals surface area (Å²) in [6.07, 6.45) is 4.84. The Morgan fingerprint density at radius 1 is 0.947 bits per heavy atom. The van der Waals surface area contributed by atoms with Crippen molar-refractivity contribution in [2.24, 2.45) is 0 Å². The summed E-state index contributed by atoms with van der Waals surface area (Å²) in [4.78, 5) is 17.0. The van der Waals surface area contributed by atoms with Gasteiger partial charge in [0.25, 0.3) is 0 Å². The van der Waals surface area contributed by atoms with Crippen LogP contribution >= 0.6 is 0 Å². The minimum atomic E-state index is -3.44. The van der Waals surface area contributed by atoms with Gasteiger partial charge in [-0.25, -0.2) is 13.2 Å². The van der Waals surface area contributed by atoms with Crippen LogP contribution in [0.5, 0.6) is 11.5 Å². The molecule has 0 bridgehead atoms. The number of ether oxygens (including phenoxy) is 1. The van der Waals surface area contributed by atoms with E-state index in [0.717, 1.165) is 18.8 Å². The number of aromatic nitrogens is 1. The number of para-hydroxylation sites is 1. The number of carboxylic acid groups (broad SMARTS) is 1. The Bertz CT molecular complexity index is 1560. The lowest BCUT2D eigenvalue weighted by Crippen LogP contribution is -2.29. The third-order valence-corrected chi connectivity index (χ3v) is 7.69. The van der Waals surface area contributed by atoms with Crippen molar-refractivity contribution < 1.29 is 23.1 Å². The van der Waals surface area contributed by atoms with E-state index in [2.05, 4.69) is 27.3 Å². The highest BCUT2D eigenvalue weighted by molar-refractivity contribution is 7.90. The van der Waals surface area contributed by atoms with Crippen molar-refractivity contribution in [3.05, 3.63) is 84.6 Å². The Morgan fingerprint density at radius 2 is 1.68 bits per heavy atom. The van der Waals surface area contributed by atoms with Crippen LogP contribution in [0, 0.1) is 0 Å². The smallest absolute Gasteiger partial charge is 0.352 e. The number of carboxylic acids is 1. The van der Waals surface area contributed by atoms with Crippen molar-refractivity contribution in [1.29, 1.82) is 0 Å². The van der Waals surface area contributed by atoms with E-state index in [1.54, 1.807) is 48.5 Å². The fraction of sp³-hybridized carbons (Fsp3) is 0.207. The lowest BCUT2D eigenvalue weighted by molar-refractivity contribution is 0.0691. The van der Waals surface area contributed by atoms with Gasteiger partial charge in [-0.1, -0.05) is 12.1 Å². The molecule has 0 saturated carbocycles. The van der Waals surface area contributed by atoms with Crippen LogP contribution in [0.15, 0.2) is 83.8 Å². The van der Waals surface area contributed by atoms with Crippen molar-refractivity contribution in [2.75, 3.05) is 29.6 Å². The maximum atomic E-state index is 12.3. The first-order valence-corrected chi connectivity index (χ1v) is 14.3. The van der Waals surface area contributed by atoms with Crippen LogP contribution in [0.2, 0.25) is 0 Å². The van der Waals surface area contributed by atoms with Gasteiger partial charge in [-0.3, -0.25) is 0 Å². The summed E-state index contributed by atoms with van der Waals surface area (Å²) in [5, 5.41) is 12.6. The van der Waals surface area contributed by atoms with Gasteiger partial charge in [0.15, 0.2) is 9.84 Å². The van der Waals surface area contributed by atoms with Gasteiger partial charge in [0, 0.05) is 42.0 Å². The Labute approximate surface area is 221 Å². The number of hydrogen-bond acceptors (Lipinski definition) is 6. The molecule has 0 radical (unpaired) electrons. The maximum absolute atomic E-state index is 12.3. The quantitative estimate of drug-likeness (QED) is 0.244. The number of hydrogen-bond donors (Lipinski definition) is 3. The van der Waals surface area contributed by atoms with Crippen LogP contribution in [-0.4, -0.2) is 43.8 Å².